The molecule has 34 heavy (non-hydrogen) atoms. The van der Waals surface area contributed by atoms with Crippen LogP contribution in [0.4, 0.5) is 5.69 Å². The van der Waals surface area contributed by atoms with E-state index in [0.29, 0.717) is 24.4 Å². The molecule has 0 aliphatic carbocycles. The minimum Gasteiger partial charge on any atom is -0.497 e. The van der Waals surface area contributed by atoms with Crippen LogP contribution in [0.2, 0.25) is 0 Å². The van der Waals surface area contributed by atoms with E-state index in [1.54, 1.807) is 19.2 Å². The Kier molecular flexibility index (Phi) is 9.49. The third kappa shape index (κ3) is 6.72. The summed E-state index contributed by atoms with van der Waals surface area (Å²) >= 11 is 0. The number of benzene rings is 2. The highest BCUT2D eigenvalue weighted by Gasteiger charge is 2.32. The van der Waals surface area contributed by atoms with Gasteiger partial charge in [0.1, 0.15) is 18.3 Å². The number of aryl methyl sites for hydroxylation is 2. The van der Waals surface area contributed by atoms with Crippen molar-refractivity contribution >= 4 is 27.5 Å². The van der Waals surface area contributed by atoms with Crippen molar-refractivity contribution in [3.05, 3.63) is 59.2 Å². The number of amides is 2. The van der Waals surface area contributed by atoms with Crippen LogP contribution in [-0.2, 0) is 26.2 Å². The van der Waals surface area contributed by atoms with Gasteiger partial charge in [0.2, 0.25) is 21.8 Å². The standard InChI is InChI=1S/C25H35N3O5S/c1-7-22(25(30)26-8-2)27(16-20-12-14-21(33-5)15-13-20)23(29)17-28(34(6,31)32)24-18(3)10-9-11-19(24)4/h9-15,22H,7-8,16-17H2,1-6H3,(H,26,30)/t22-/m1/s1. The van der Waals surface area contributed by atoms with Gasteiger partial charge in [0.15, 0.2) is 0 Å². The zero-order valence-electron chi connectivity index (χ0n) is 20.8. The third-order valence-corrected chi connectivity index (χ3v) is 6.73. The maximum atomic E-state index is 13.6. The first-order chi connectivity index (χ1) is 16.0. The number of rotatable bonds is 11. The lowest BCUT2D eigenvalue weighted by Crippen LogP contribution is -2.52. The fraction of sp³-hybridized carbons (Fsp3) is 0.440. The van der Waals surface area contributed by atoms with Crippen molar-refractivity contribution in [1.82, 2.24) is 10.2 Å². The van der Waals surface area contributed by atoms with Crippen LogP contribution in [0.3, 0.4) is 0 Å². The van der Waals surface area contributed by atoms with Gasteiger partial charge >= 0.3 is 0 Å². The van der Waals surface area contributed by atoms with Gasteiger partial charge in [-0.05, 0) is 56.0 Å². The number of likely N-dealkylation sites (N-methyl/N-ethyl adjacent to an activating group) is 1. The summed E-state index contributed by atoms with van der Waals surface area (Å²) in [6.07, 6.45) is 1.47. The number of carbonyl (C=O) groups is 2. The Bertz CT molecular complexity index is 1080. The predicted molar refractivity (Wildman–Crippen MR) is 134 cm³/mol. The number of para-hydroxylation sites is 1. The second kappa shape index (κ2) is 11.9. The molecule has 0 radical (unpaired) electrons. The summed E-state index contributed by atoms with van der Waals surface area (Å²) in [6.45, 7) is 7.44. The molecule has 0 aliphatic heterocycles. The number of nitrogens with one attached hydrogen (secondary N) is 1. The van der Waals surface area contributed by atoms with E-state index in [9.17, 15) is 18.0 Å². The summed E-state index contributed by atoms with van der Waals surface area (Å²) in [7, 11) is -2.20. The average molecular weight is 490 g/mol. The van der Waals surface area contributed by atoms with E-state index in [1.807, 2.05) is 58.0 Å². The van der Waals surface area contributed by atoms with Crippen LogP contribution in [0.5, 0.6) is 5.75 Å². The molecule has 8 nitrogen and oxygen atoms in total. The molecule has 0 fully saturated rings. The van der Waals surface area contributed by atoms with Crippen molar-refractivity contribution in [2.45, 2.75) is 46.7 Å². The minimum atomic E-state index is -3.77. The number of hydrogen-bond acceptors (Lipinski definition) is 5. The van der Waals surface area contributed by atoms with E-state index in [1.165, 1.54) is 4.90 Å². The normalized spacial score (nSPS) is 12.1. The van der Waals surface area contributed by atoms with Gasteiger partial charge in [-0.1, -0.05) is 37.3 Å². The summed E-state index contributed by atoms with van der Waals surface area (Å²) in [6, 6.07) is 11.9. The molecule has 0 aliphatic rings. The van der Waals surface area contributed by atoms with Gasteiger partial charge < -0.3 is 15.0 Å². The number of methoxy groups -OCH3 is 1. The summed E-state index contributed by atoms with van der Waals surface area (Å²) in [5, 5.41) is 2.78. The highest BCUT2D eigenvalue weighted by atomic mass is 32.2. The lowest BCUT2D eigenvalue weighted by molar-refractivity contribution is -0.140. The van der Waals surface area contributed by atoms with Gasteiger partial charge in [-0.25, -0.2) is 8.42 Å². The summed E-state index contributed by atoms with van der Waals surface area (Å²) in [5.74, 6) is -0.0532. The Morgan fingerprint density at radius 3 is 2.09 bits per heavy atom. The quantitative estimate of drug-likeness (QED) is 0.523. The molecule has 2 rings (SSSR count). The van der Waals surface area contributed by atoms with Crippen molar-refractivity contribution in [2.75, 3.05) is 30.8 Å². The highest BCUT2D eigenvalue weighted by molar-refractivity contribution is 7.92. The molecule has 0 heterocycles. The molecule has 0 unspecified atom stereocenters. The van der Waals surface area contributed by atoms with Crippen molar-refractivity contribution in [1.29, 1.82) is 0 Å². The average Bonchev–Trinajstić information content (AvgIpc) is 2.78. The van der Waals surface area contributed by atoms with Crippen LogP contribution in [0.25, 0.3) is 0 Å². The van der Waals surface area contributed by atoms with Crippen LogP contribution < -0.4 is 14.4 Å². The molecule has 2 aromatic rings. The van der Waals surface area contributed by atoms with Crippen molar-refractivity contribution in [2.24, 2.45) is 0 Å². The second-order valence-corrected chi connectivity index (χ2v) is 10.1. The molecular weight excluding hydrogens is 454 g/mol. The van der Waals surface area contributed by atoms with Crippen LogP contribution in [0.1, 0.15) is 37.0 Å². The number of hydrogen-bond donors (Lipinski definition) is 1. The van der Waals surface area contributed by atoms with Gasteiger partial charge in [0.05, 0.1) is 19.1 Å². The molecule has 0 saturated heterocycles. The number of nitrogens with zero attached hydrogens (tertiary/aromatic N) is 2. The fourth-order valence-corrected chi connectivity index (χ4v) is 4.88. The van der Waals surface area contributed by atoms with Gasteiger partial charge in [-0.3, -0.25) is 13.9 Å². The fourth-order valence-electron chi connectivity index (χ4n) is 3.91. The molecule has 0 bridgehead atoms. The maximum absolute atomic E-state index is 13.6. The first-order valence-corrected chi connectivity index (χ1v) is 13.1. The SMILES string of the molecule is CCNC(=O)[C@@H](CC)N(Cc1ccc(OC)cc1)C(=O)CN(c1c(C)cccc1C)S(C)(=O)=O. The monoisotopic (exact) mass is 489 g/mol. The zero-order valence-corrected chi connectivity index (χ0v) is 21.6. The molecule has 2 aromatic carbocycles. The summed E-state index contributed by atoms with van der Waals surface area (Å²) in [4.78, 5) is 27.9. The van der Waals surface area contributed by atoms with E-state index in [4.69, 9.17) is 4.74 Å². The minimum absolute atomic E-state index is 0.156. The number of sulfonamides is 1. The molecular formula is C25H35N3O5S. The van der Waals surface area contributed by atoms with Gasteiger partial charge in [0, 0.05) is 13.1 Å². The maximum Gasteiger partial charge on any atom is 0.244 e. The van der Waals surface area contributed by atoms with E-state index in [0.717, 1.165) is 27.3 Å². The first-order valence-electron chi connectivity index (χ1n) is 11.3. The highest BCUT2D eigenvalue weighted by Crippen LogP contribution is 2.27. The molecule has 1 atom stereocenters. The zero-order chi connectivity index (χ0) is 25.5. The van der Waals surface area contributed by atoms with Gasteiger partial charge in [0.25, 0.3) is 0 Å². The summed E-state index contributed by atoms with van der Waals surface area (Å²) in [5.41, 5.74) is 2.77. The molecule has 1 N–H and O–H groups in total. The Morgan fingerprint density at radius 2 is 1.62 bits per heavy atom. The smallest absolute Gasteiger partial charge is 0.244 e. The van der Waals surface area contributed by atoms with E-state index >= 15 is 0 Å². The topological polar surface area (TPSA) is 96.0 Å². The molecule has 186 valence electrons. The van der Waals surface area contributed by atoms with Crippen LogP contribution in [-0.4, -0.2) is 57.6 Å². The third-order valence-electron chi connectivity index (χ3n) is 5.62. The van der Waals surface area contributed by atoms with Crippen molar-refractivity contribution < 1.29 is 22.7 Å². The van der Waals surface area contributed by atoms with E-state index < -0.39 is 28.5 Å². The number of anilines is 1. The Labute approximate surface area is 202 Å². The lowest BCUT2D eigenvalue weighted by atomic mass is 10.1. The van der Waals surface area contributed by atoms with Crippen LogP contribution >= 0.6 is 0 Å². The van der Waals surface area contributed by atoms with Gasteiger partial charge in [-0.15, -0.1) is 0 Å². The largest absolute Gasteiger partial charge is 0.497 e. The van der Waals surface area contributed by atoms with Crippen LogP contribution in [0, 0.1) is 13.8 Å². The molecule has 0 spiro atoms. The van der Waals surface area contributed by atoms with Gasteiger partial charge in [-0.2, -0.15) is 0 Å². The second-order valence-electron chi connectivity index (χ2n) is 8.20. The molecule has 2 amide bonds. The first kappa shape index (κ1) is 27.2. The lowest BCUT2D eigenvalue weighted by Gasteiger charge is -2.33. The van der Waals surface area contributed by atoms with Crippen molar-refractivity contribution in [3.8, 4) is 5.75 Å². The number of carbonyl (C=O) groups excluding carboxylic acids is 2. The Balaban J connectivity index is 2.48. The van der Waals surface area contributed by atoms with E-state index in [-0.39, 0.29) is 12.5 Å². The Hall–Kier alpha value is -3.07. The molecule has 0 aromatic heterocycles. The molecule has 0 saturated carbocycles. The van der Waals surface area contributed by atoms with E-state index in [2.05, 4.69) is 5.32 Å². The number of ether oxygens (including phenoxy) is 1. The Morgan fingerprint density at radius 1 is 1.03 bits per heavy atom. The predicted octanol–water partition coefficient (Wildman–Crippen LogP) is 3.02. The van der Waals surface area contributed by atoms with Crippen molar-refractivity contribution in [3.63, 3.8) is 0 Å². The van der Waals surface area contributed by atoms with Crippen LogP contribution in [0.15, 0.2) is 42.5 Å². The molecule has 9 heteroatoms. The summed E-state index contributed by atoms with van der Waals surface area (Å²) < 4.78 is 31.9.